The van der Waals surface area contributed by atoms with Gasteiger partial charge in [-0.05, 0) is 55.1 Å². The summed E-state index contributed by atoms with van der Waals surface area (Å²) in [5, 5.41) is 3.81. The summed E-state index contributed by atoms with van der Waals surface area (Å²) in [7, 11) is 0. The van der Waals surface area contributed by atoms with Gasteiger partial charge in [0.1, 0.15) is 0 Å². The van der Waals surface area contributed by atoms with Crippen molar-refractivity contribution in [1.29, 1.82) is 0 Å². The number of nitrogens with one attached hydrogen (secondary N) is 1. The quantitative estimate of drug-likeness (QED) is 0.774. The predicted octanol–water partition coefficient (Wildman–Crippen LogP) is 3.59. The lowest BCUT2D eigenvalue weighted by Crippen LogP contribution is -2.39. The van der Waals surface area contributed by atoms with E-state index in [4.69, 9.17) is 4.74 Å². The van der Waals surface area contributed by atoms with E-state index in [1.165, 1.54) is 38.5 Å². The summed E-state index contributed by atoms with van der Waals surface area (Å²) in [5.41, 5.74) is 3.19. The first-order chi connectivity index (χ1) is 10.4. The van der Waals surface area contributed by atoms with Crippen LogP contribution in [0.5, 0.6) is 0 Å². The van der Waals surface area contributed by atoms with Crippen molar-refractivity contribution < 1.29 is 4.74 Å². The molecule has 0 aliphatic heterocycles. The van der Waals surface area contributed by atoms with E-state index in [-0.39, 0.29) is 0 Å². The molecule has 0 amide bonds. The van der Waals surface area contributed by atoms with Crippen molar-refractivity contribution in [3.8, 4) is 0 Å². The number of fused-ring (bicyclic) bond motifs is 3. The molecule has 3 rings (SSSR count). The summed E-state index contributed by atoms with van der Waals surface area (Å²) >= 11 is 0. The number of hydrogen-bond donors (Lipinski definition) is 1. The van der Waals surface area contributed by atoms with E-state index in [9.17, 15) is 0 Å². The molecule has 2 atom stereocenters. The smallest absolute Gasteiger partial charge is 0.0591 e. The van der Waals surface area contributed by atoms with Gasteiger partial charge in [-0.2, -0.15) is 0 Å². The third-order valence-corrected chi connectivity index (χ3v) is 5.28. The minimum Gasteiger partial charge on any atom is -0.380 e. The average molecular weight is 287 g/mol. The first kappa shape index (κ1) is 15.1. The molecule has 0 aromatic heterocycles. The van der Waals surface area contributed by atoms with E-state index in [0.717, 1.165) is 31.6 Å². The number of unbranched alkanes of at least 4 members (excludes halogenated alkanes) is 1. The van der Waals surface area contributed by atoms with Gasteiger partial charge in [0, 0.05) is 19.2 Å². The molecule has 2 aliphatic rings. The highest BCUT2D eigenvalue weighted by atomic mass is 16.5. The first-order valence-electron chi connectivity index (χ1n) is 8.76. The van der Waals surface area contributed by atoms with Gasteiger partial charge in [-0.1, -0.05) is 37.6 Å². The third kappa shape index (κ3) is 3.67. The molecule has 116 valence electrons. The van der Waals surface area contributed by atoms with Crippen LogP contribution in [0.3, 0.4) is 0 Å². The van der Waals surface area contributed by atoms with Crippen LogP contribution in [-0.4, -0.2) is 25.8 Å². The Morgan fingerprint density at radius 3 is 2.33 bits per heavy atom. The fraction of sp³-hybridized carbons (Fsp3) is 0.684. The molecule has 2 bridgehead atoms. The fourth-order valence-corrected chi connectivity index (χ4v) is 4.13. The van der Waals surface area contributed by atoms with Gasteiger partial charge in [0.05, 0.1) is 6.61 Å². The lowest BCUT2D eigenvalue weighted by molar-refractivity contribution is 0.127. The van der Waals surface area contributed by atoms with Gasteiger partial charge in [-0.15, -0.1) is 0 Å². The van der Waals surface area contributed by atoms with Crippen molar-refractivity contribution in [3.63, 3.8) is 0 Å². The summed E-state index contributed by atoms with van der Waals surface area (Å²) in [6.07, 6.45) is 7.73. The van der Waals surface area contributed by atoms with Crippen LogP contribution < -0.4 is 5.32 Å². The van der Waals surface area contributed by atoms with Crippen molar-refractivity contribution in [2.24, 2.45) is 11.8 Å². The molecule has 0 radical (unpaired) electrons. The number of benzene rings is 1. The molecule has 0 heterocycles. The van der Waals surface area contributed by atoms with Gasteiger partial charge in [-0.25, -0.2) is 0 Å². The average Bonchev–Trinajstić information content (AvgIpc) is 2.77. The summed E-state index contributed by atoms with van der Waals surface area (Å²) in [6, 6.07) is 9.76. The van der Waals surface area contributed by atoms with Crippen LogP contribution in [0.2, 0.25) is 0 Å². The molecule has 21 heavy (non-hydrogen) atoms. The normalized spacial score (nSPS) is 27.4. The van der Waals surface area contributed by atoms with E-state index in [1.807, 2.05) is 0 Å². The van der Waals surface area contributed by atoms with Crippen molar-refractivity contribution in [2.45, 2.75) is 51.5 Å². The van der Waals surface area contributed by atoms with Crippen LogP contribution >= 0.6 is 0 Å². The minimum atomic E-state index is 0.701. The highest BCUT2D eigenvalue weighted by Gasteiger charge is 2.38. The molecule has 0 saturated heterocycles. The summed E-state index contributed by atoms with van der Waals surface area (Å²) < 4.78 is 5.69. The Kier molecular flexibility index (Phi) is 5.32. The van der Waals surface area contributed by atoms with Gasteiger partial charge in [0.25, 0.3) is 0 Å². The second-order valence-electron chi connectivity index (χ2n) is 6.72. The summed E-state index contributed by atoms with van der Waals surface area (Å²) in [5.74, 6) is 1.66. The minimum absolute atomic E-state index is 0.701. The monoisotopic (exact) mass is 287 g/mol. The second kappa shape index (κ2) is 7.42. The van der Waals surface area contributed by atoms with Crippen LogP contribution in [0, 0.1) is 11.8 Å². The molecule has 1 aromatic rings. The molecule has 2 aliphatic carbocycles. The maximum absolute atomic E-state index is 5.69. The second-order valence-corrected chi connectivity index (χ2v) is 6.72. The summed E-state index contributed by atoms with van der Waals surface area (Å²) in [6.45, 7) is 5.00. The largest absolute Gasteiger partial charge is 0.380 e. The van der Waals surface area contributed by atoms with E-state index in [0.29, 0.717) is 6.04 Å². The van der Waals surface area contributed by atoms with Crippen LogP contribution in [0.15, 0.2) is 24.3 Å². The van der Waals surface area contributed by atoms with Crippen LogP contribution in [0.1, 0.15) is 43.7 Å². The maximum Gasteiger partial charge on any atom is 0.0591 e. The highest BCUT2D eigenvalue weighted by molar-refractivity contribution is 5.30. The van der Waals surface area contributed by atoms with Gasteiger partial charge < -0.3 is 10.1 Å². The Bertz CT molecular complexity index is 412. The SMILES string of the molecule is CCCCOCCNC1C2CCC1Cc1ccccc1C2. The molecule has 2 heteroatoms. The maximum atomic E-state index is 5.69. The van der Waals surface area contributed by atoms with E-state index in [1.54, 1.807) is 11.1 Å². The molecule has 1 fully saturated rings. The number of hydrogen-bond acceptors (Lipinski definition) is 2. The molecule has 0 spiro atoms. The van der Waals surface area contributed by atoms with E-state index >= 15 is 0 Å². The Morgan fingerprint density at radius 1 is 1.05 bits per heavy atom. The van der Waals surface area contributed by atoms with Crippen molar-refractivity contribution >= 4 is 0 Å². The molecule has 1 aromatic carbocycles. The first-order valence-corrected chi connectivity index (χ1v) is 8.76. The van der Waals surface area contributed by atoms with Gasteiger partial charge in [0.2, 0.25) is 0 Å². The molecule has 1 saturated carbocycles. The van der Waals surface area contributed by atoms with E-state index in [2.05, 4.69) is 36.5 Å². The summed E-state index contributed by atoms with van der Waals surface area (Å²) in [4.78, 5) is 0. The van der Waals surface area contributed by atoms with Crippen molar-refractivity contribution in [1.82, 2.24) is 5.32 Å². The highest BCUT2D eigenvalue weighted by Crippen LogP contribution is 2.39. The predicted molar refractivity (Wildman–Crippen MR) is 87.6 cm³/mol. The van der Waals surface area contributed by atoms with Gasteiger partial charge >= 0.3 is 0 Å². The van der Waals surface area contributed by atoms with Crippen molar-refractivity contribution in [3.05, 3.63) is 35.4 Å². The number of rotatable bonds is 7. The van der Waals surface area contributed by atoms with Crippen LogP contribution in [0.25, 0.3) is 0 Å². The zero-order chi connectivity index (χ0) is 14.5. The molecule has 2 nitrogen and oxygen atoms in total. The molecule has 1 N–H and O–H groups in total. The third-order valence-electron chi connectivity index (χ3n) is 5.28. The van der Waals surface area contributed by atoms with Gasteiger partial charge in [-0.3, -0.25) is 0 Å². The van der Waals surface area contributed by atoms with Crippen LogP contribution in [0.4, 0.5) is 0 Å². The van der Waals surface area contributed by atoms with E-state index < -0.39 is 0 Å². The lowest BCUT2D eigenvalue weighted by atomic mass is 9.94. The Balaban J connectivity index is 1.51. The zero-order valence-electron chi connectivity index (χ0n) is 13.3. The lowest BCUT2D eigenvalue weighted by Gasteiger charge is -2.23. The standard InChI is InChI=1S/C19H29NO/c1-2-3-11-21-12-10-20-19-17-8-9-18(19)14-16-7-5-4-6-15(16)13-17/h4-7,17-20H,2-3,8-14H2,1H3. The van der Waals surface area contributed by atoms with Crippen LogP contribution in [-0.2, 0) is 17.6 Å². The van der Waals surface area contributed by atoms with Crippen molar-refractivity contribution in [2.75, 3.05) is 19.8 Å². The Hall–Kier alpha value is -0.860. The zero-order valence-corrected chi connectivity index (χ0v) is 13.3. The Morgan fingerprint density at radius 2 is 1.71 bits per heavy atom. The fourth-order valence-electron chi connectivity index (χ4n) is 4.13. The van der Waals surface area contributed by atoms with Gasteiger partial charge in [0.15, 0.2) is 0 Å². The molecule has 2 unspecified atom stereocenters. The molecular weight excluding hydrogens is 258 g/mol. The molecular formula is C19H29NO. The Labute approximate surface area is 129 Å². The number of ether oxygens (including phenoxy) is 1. The topological polar surface area (TPSA) is 21.3 Å².